The average molecular weight is 280 g/mol. The van der Waals surface area contributed by atoms with Gasteiger partial charge in [0.1, 0.15) is 0 Å². The molecule has 0 radical (unpaired) electrons. The molecule has 21 heavy (non-hydrogen) atoms. The zero-order valence-electron chi connectivity index (χ0n) is 11.9. The van der Waals surface area contributed by atoms with E-state index in [4.69, 9.17) is 0 Å². The summed E-state index contributed by atoms with van der Waals surface area (Å²) in [6.45, 7) is 0.598. The van der Waals surface area contributed by atoms with Crippen LogP contribution in [0.15, 0.2) is 60.7 Å². The number of rotatable bonds is 7. The third-order valence-electron chi connectivity index (χ3n) is 3.51. The Labute approximate surface area is 125 Å². The summed E-state index contributed by atoms with van der Waals surface area (Å²) in [6.07, 6.45) is 0.754. The van der Waals surface area contributed by atoms with E-state index >= 15 is 0 Å². The minimum Gasteiger partial charge on any atom is -0.395 e. The molecule has 0 bridgehead atoms. The zero-order chi connectivity index (χ0) is 14.9. The van der Waals surface area contributed by atoms with E-state index in [0.717, 1.165) is 12.0 Å². The fourth-order valence-electron chi connectivity index (χ4n) is 2.31. The van der Waals surface area contributed by atoms with Crippen LogP contribution in [0.3, 0.4) is 0 Å². The molecular formula is C18H20N2O. The van der Waals surface area contributed by atoms with Crippen molar-refractivity contribution in [2.75, 3.05) is 13.2 Å². The number of benzene rings is 2. The van der Waals surface area contributed by atoms with Gasteiger partial charge in [-0.25, -0.2) is 0 Å². The van der Waals surface area contributed by atoms with E-state index in [-0.39, 0.29) is 18.6 Å². The number of hydrogen-bond acceptors (Lipinski definition) is 3. The van der Waals surface area contributed by atoms with Crippen molar-refractivity contribution in [1.82, 2.24) is 5.32 Å². The van der Waals surface area contributed by atoms with Gasteiger partial charge in [-0.2, -0.15) is 5.26 Å². The van der Waals surface area contributed by atoms with Gasteiger partial charge < -0.3 is 10.4 Å². The van der Waals surface area contributed by atoms with Crippen LogP contribution in [0, 0.1) is 11.3 Å². The smallest absolute Gasteiger partial charge is 0.0837 e. The molecule has 0 amide bonds. The van der Waals surface area contributed by atoms with Crippen molar-refractivity contribution in [2.45, 2.75) is 18.4 Å². The summed E-state index contributed by atoms with van der Waals surface area (Å²) in [6, 6.07) is 22.1. The summed E-state index contributed by atoms with van der Waals surface area (Å²) in [4.78, 5) is 0. The summed E-state index contributed by atoms with van der Waals surface area (Å²) < 4.78 is 0. The van der Waals surface area contributed by atoms with Crippen LogP contribution in [-0.2, 0) is 6.42 Å². The van der Waals surface area contributed by atoms with Crippen molar-refractivity contribution in [3.8, 4) is 6.07 Å². The Balaban J connectivity index is 1.92. The first-order chi connectivity index (χ1) is 10.3. The monoisotopic (exact) mass is 280 g/mol. The van der Waals surface area contributed by atoms with Crippen molar-refractivity contribution in [3.63, 3.8) is 0 Å². The van der Waals surface area contributed by atoms with Crippen molar-refractivity contribution in [3.05, 3.63) is 71.8 Å². The molecule has 0 aliphatic heterocycles. The number of nitriles is 1. The van der Waals surface area contributed by atoms with Crippen LogP contribution < -0.4 is 5.32 Å². The van der Waals surface area contributed by atoms with Gasteiger partial charge in [-0.3, -0.25) is 0 Å². The first-order valence-corrected chi connectivity index (χ1v) is 7.16. The molecule has 108 valence electrons. The Hall–Kier alpha value is -2.15. The maximum absolute atomic E-state index is 9.50. The molecular weight excluding hydrogens is 260 g/mol. The quantitative estimate of drug-likeness (QED) is 0.819. The van der Waals surface area contributed by atoms with Crippen LogP contribution in [0.1, 0.15) is 17.0 Å². The molecule has 3 heteroatoms. The second kappa shape index (κ2) is 8.21. The molecule has 0 fully saturated rings. The summed E-state index contributed by atoms with van der Waals surface area (Å²) >= 11 is 0. The Morgan fingerprint density at radius 3 is 2.19 bits per heavy atom. The molecule has 2 unspecified atom stereocenters. The third-order valence-corrected chi connectivity index (χ3v) is 3.51. The van der Waals surface area contributed by atoms with Crippen molar-refractivity contribution in [2.24, 2.45) is 0 Å². The highest BCUT2D eigenvalue weighted by Crippen LogP contribution is 2.13. The lowest BCUT2D eigenvalue weighted by molar-refractivity contribution is 0.241. The van der Waals surface area contributed by atoms with E-state index in [9.17, 15) is 10.4 Å². The Morgan fingerprint density at radius 2 is 1.62 bits per heavy atom. The maximum atomic E-state index is 9.50. The van der Waals surface area contributed by atoms with Gasteiger partial charge in [0.2, 0.25) is 0 Å². The van der Waals surface area contributed by atoms with Crippen LogP contribution in [-0.4, -0.2) is 24.3 Å². The third kappa shape index (κ3) is 4.71. The summed E-state index contributed by atoms with van der Waals surface area (Å²) in [7, 11) is 0. The van der Waals surface area contributed by atoms with Crippen molar-refractivity contribution < 1.29 is 5.11 Å². The van der Waals surface area contributed by atoms with Gasteiger partial charge in [-0.15, -0.1) is 0 Å². The Kier molecular flexibility index (Phi) is 5.96. The average Bonchev–Trinajstić information content (AvgIpc) is 2.56. The zero-order valence-corrected chi connectivity index (χ0v) is 11.9. The van der Waals surface area contributed by atoms with Crippen molar-refractivity contribution >= 4 is 0 Å². The topological polar surface area (TPSA) is 56.0 Å². The summed E-state index contributed by atoms with van der Waals surface area (Å²) in [5.41, 5.74) is 2.18. The van der Waals surface area contributed by atoms with E-state index in [1.165, 1.54) is 5.56 Å². The second-order valence-corrected chi connectivity index (χ2v) is 5.07. The molecule has 3 nitrogen and oxygen atoms in total. The largest absolute Gasteiger partial charge is 0.395 e. The molecule has 0 spiro atoms. The molecule has 0 aromatic heterocycles. The predicted molar refractivity (Wildman–Crippen MR) is 83.8 cm³/mol. The second-order valence-electron chi connectivity index (χ2n) is 5.07. The van der Waals surface area contributed by atoms with E-state index in [1.807, 2.05) is 60.7 Å². The fraction of sp³-hybridized carbons (Fsp3) is 0.278. The number of aliphatic hydroxyl groups is 1. The van der Waals surface area contributed by atoms with Gasteiger partial charge in [0.05, 0.1) is 18.6 Å². The van der Waals surface area contributed by atoms with Gasteiger partial charge in [0, 0.05) is 12.6 Å². The molecule has 2 aromatic rings. The minimum absolute atomic E-state index is 0.0352. The fourth-order valence-corrected chi connectivity index (χ4v) is 2.31. The van der Waals surface area contributed by atoms with E-state index < -0.39 is 0 Å². The Morgan fingerprint density at radius 1 is 1.00 bits per heavy atom. The lowest BCUT2D eigenvalue weighted by Crippen LogP contribution is -2.37. The van der Waals surface area contributed by atoms with Gasteiger partial charge in [-0.05, 0) is 17.5 Å². The highest BCUT2D eigenvalue weighted by molar-refractivity contribution is 5.25. The van der Waals surface area contributed by atoms with Crippen molar-refractivity contribution in [1.29, 1.82) is 5.26 Å². The first-order valence-electron chi connectivity index (χ1n) is 7.16. The first kappa shape index (κ1) is 15.2. The number of nitrogens with one attached hydrogen (secondary N) is 1. The maximum Gasteiger partial charge on any atom is 0.0837 e. The molecule has 2 N–H and O–H groups in total. The molecule has 0 aliphatic rings. The van der Waals surface area contributed by atoms with Crippen LogP contribution in [0.4, 0.5) is 0 Å². The van der Waals surface area contributed by atoms with Crippen LogP contribution in [0.25, 0.3) is 0 Å². The number of nitrogens with zero attached hydrogens (tertiary/aromatic N) is 1. The number of aliphatic hydroxyl groups excluding tert-OH is 1. The normalized spacial score (nSPS) is 13.3. The lowest BCUT2D eigenvalue weighted by atomic mass is 9.99. The van der Waals surface area contributed by atoms with Crippen LogP contribution in [0.5, 0.6) is 0 Å². The van der Waals surface area contributed by atoms with Crippen LogP contribution in [0.2, 0.25) is 0 Å². The molecule has 0 saturated carbocycles. The Bertz CT molecular complexity index is 563. The highest BCUT2D eigenvalue weighted by atomic mass is 16.3. The van der Waals surface area contributed by atoms with E-state index in [0.29, 0.717) is 6.54 Å². The van der Waals surface area contributed by atoms with Gasteiger partial charge in [0.15, 0.2) is 0 Å². The SMILES string of the molecule is N#CC(CNC(CO)Cc1ccccc1)c1ccccc1. The van der Waals surface area contributed by atoms with E-state index in [2.05, 4.69) is 11.4 Å². The lowest BCUT2D eigenvalue weighted by Gasteiger charge is -2.18. The molecule has 2 aromatic carbocycles. The van der Waals surface area contributed by atoms with Gasteiger partial charge in [0.25, 0.3) is 0 Å². The standard InChI is InChI=1S/C18H20N2O/c19-12-17(16-9-5-2-6-10-16)13-20-18(14-21)11-15-7-3-1-4-8-15/h1-10,17-18,20-21H,11,13-14H2. The number of hydrogen-bond donors (Lipinski definition) is 2. The minimum atomic E-state index is -0.198. The van der Waals surface area contributed by atoms with Gasteiger partial charge >= 0.3 is 0 Å². The molecule has 2 rings (SSSR count). The highest BCUT2D eigenvalue weighted by Gasteiger charge is 2.13. The molecule has 0 saturated heterocycles. The van der Waals surface area contributed by atoms with Gasteiger partial charge in [-0.1, -0.05) is 60.7 Å². The summed E-state index contributed by atoms with van der Waals surface area (Å²) in [5.74, 6) is -0.198. The molecule has 0 heterocycles. The molecule has 0 aliphatic carbocycles. The summed E-state index contributed by atoms with van der Waals surface area (Å²) in [5, 5.41) is 22.1. The van der Waals surface area contributed by atoms with Crippen LogP contribution >= 0.6 is 0 Å². The predicted octanol–water partition coefficient (Wildman–Crippen LogP) is 2.49. The molecule has 2 atom stereocenters. The van der Waals surface area contributed by atoms with E-state index in [1.54, 1.807) is 0 Å².